The molecule has 1 atom stereocenters. The van der Waals surface area contributed by atoms with Crippen LogP contribution in [0.3, 0.4) is 0 Å². The number of nitrogens with one attached hydrogen (secondary N) is 1. The number of fused-ring (bicyclic) bond motifs is 1. The predicted molar refractivity (Wildman–Crippen MR) is 91.1 cm³/mol. The van der Waals surface area contributed by atoms with Crippen molar-refractivity contribution in [2.75, 3.05) is 11.9 Å². The molecule has 0 fully saturated rings. The molecule has 21 heavy (non-hydrogen) atoms. The summed E-state index contributed by atoms with van der Waals surface area (Å²) in [4.78, 5) is 0. The van der Waals surface area contributed by atoms with Crippen molar-refractivity contribution in [2.24, 2.45) is 0 Å². The number of aromatic nitrogens is 2. The van der Waals surface area contributed by atoms with Gasteiger partial charge in [0.25, 0.3) is 0 Å². The van der Waals surface area contributed by atoms with Crippen molar-refractivity contribution in [3.63, 3.8) is 0 Å². The van der Waals surface area contributed by atoms with Gasteiger partial charge in [-0.15, -0.1) is 0 Å². The highest BCUT2D eigenvalue weighted by molar-refractivity contribution is 9.10. The minimum Gasteiger partial charge on any atom is -0.369 e. The van der Waals surface area contributed by atoms with Gasteiger partial charge in [0.05, 0.1) is 16.2 Å². The molecule has 1 aromatic heterocycles. The summed E-state index contributed by atoms with van der Waals surface area (Å²) in [6.45, 7) is 7.52. The molecule has 1 N–H and O–H groups in total. The van der Waals surface area contributed by atoms with Gasteiger partial charge in [0.15, 0.2) is 0 Å². The molecule has 2 heterocycles. The molecule has 1 aliphatic rings. The lowest BCUT2D eigenvalue weighted by Gasteiger charge is -2.26. The Kier molecular flexibility index (Phi) is 4.07. The largest absolute Gasteiger partial charge is 0.369 e. The van der Waals surface area contributed by atoms with Crippen LogP contribution in [-0.2, 0) is 6.42 Å². The van der Waals surface area contributed by atoms with Gasteiger partial charge in [-0.1, -0.05) is 42.7 Å². The summed E-state index contributed by atoms with van der Waals surface area (Å²) >= 11 is 3.72. The SMILES string of the molecule is CCCc1nn2c(c1Br)NCCC2c1cc(C)cc(C)c1. The highest BCUT2D eigenvalue weighted by Gasteiger charge is 2.26. The van der Waals surface area contributed by atoms with Crippen LogP contribution in [0.15, 0.2) is 22.7 Å². The van der Waals surface area contributed by atoms with Crippen molar-refractivity contribution >= 4 is 21.7 Å². The van der Waals surface area contributed by atoms with Gasteiger partial charge in [-0.05, 0) is 48.2 Å². The van der Waals surface area contributed by atoms with Crippen molar-refractivity contribution in [2.45, 2.75) is 46.1 Å². The van der Waals surface area contributed by atoms with Crippen LogP contribution >= 0.6 is 15.9 Å². The first-order valence-electron chi connectivity index (χ1n) is 7.69. The molecular weight excluding hydrogens is 326 g/mol. The topological polar surface area (TPSA) is 29.9 Å². The van der Waals surface area contributed by atoms with Crippen LogP contribution in [0.2, 0.25) is 0 Å². The number of hydrogen-bond acceptors (Lipinski definition) is 2. The fourth-order valence-electron chi connectivity index (χ4n) is 3.20. The van der Waals surface area contributed by atoms with Crippen LogP contribution in [0.1, 0.15) is 48.2 Å². The quantitative estimate of drug-likeness (QED) is 0.877. The molecule has 4 heteroatoms. The van der Waals surface area contributed by atoms with Gasteiger partial charge in [0, 0.05) is 6.54 Å². The number of aryl methyl sites for hydroxylation is 3. The molecule has 2 aromatic rings. The van der Waals surface area contributed by atoms with E-state index in [1.165, 1.54) is 16.7 Å². The predicted octanol–water partition coefficient (Wildman–Crippen LogP) is 4.62. The van der Waals surface area contributed by atoms with E-state index in [4.69, 9.17) is 5.10 Å². The standard InChI is InChI=1S/C17H22BrN3/c1-4-5-14-16(18)17-19-7-6-15(21(17)20-14)13-9-11(2)8-12(3)10-13/h8-10,15,19H,4-7H2,1-3H3. The summed E-state index contributed by atoms with van der Waals surface area (Å²) in [5, 5.41) is 8.36. The molecule has 0 saturated carbocycles. The Balaban J connectivity index is 2.05. The Morgan fingerprint density at radius 2 is 2.00 bits per heavy atom. The maximum Gasteiger partial charge on any atom is 0.139 e. The second kappa shape index (κ2) is 5.84. The third-order valence-electron chi connectivity index (χ3n) is 4.04. The summed E-state index contributed by atoms with van der Waals surface area (Å²) in [7, 11) is 0. The van der Waals surface area contributed by atoms with Crippen LogP contribution in [0.25, 0.3) is 0 Å². The second-order valence-electron chi connectivity index (χ2n) is 5.96. The maximum absolute atomic E-state index is 4.86. The average molecular weight is 348 g/mol. The zero-order valence-electron chi connectivity index (χ0n) is 12.9. The first kappa shape index (κ1) is 14.6. The zero-order chi connectivity index (χ0) is 15.0. The van der Waals surface area contributed by atoms with Crippen LogP contribution in [0.4, 0.5) is 5.82 Å². The van der Waals surface area contributed by atoms with Crippen LogP contribution in [-0.4, -0.2) is 16.3 Å². The van der Waals surface area contributed by atoms with Crippen molar-refractivity contribution in [1.29, 1.82) is 0 Å². The fraction of sp³-hybridized carbons (Fsp3) is 0.471. The van der Waals surface area contributed by atoms with E-state index in [0.29, 0.717) is 6.04 Å². The minimum atomic E-state index is 0.335. The number of rotatable bonds is 3. The van der Waals surface area contributed by atoms with Crippen molar-refractivity contribution in [1.82, 2.24) is 9.78 Å². The van der Waals surface area contributed by atoms with Crippen molar-refractivity contribution in [3.8, 4) is 0 Å². The lowest BCUT2D eigenvalue weighted by atomic mass is 9.98. The molecule has 1 aliphatic heterocycles. The molecule has 0 amide bonds. The van der Waals surface area contributed by atoms with Gasteiger partial charge >= 0.3 is 0 Å². The molecule has 1 aromatic carbocycles. The monoisotopic (exact) mass is 347 g/mol. The summed E-state index contributed by atoms with van der Waals surface area (Å²) in [6, 6.07) is 7.15. The van der Waals surface area contributed by atoms with Gasteiger partial charge in [0.2, 0.25) is 0 Å². The minimum absolute atomic E-state index is 0.335. The average Bonchev–Trinajstić information content (AvgIpc) is 2.75. The lowest BCUT2D eigenvalue weighted by molar-refractivity contribution is 0.477. The van der Waals surface area contributed by atoms with E-state index in [1.54, 1.807) is 0 Å². The molecule has 3 rings (SSSR count). The lowest BCUT2D eigenvalue weighted by Crippen LogP contribution is -2.24. The summed E-state index contributed by atoms with van der Waals surface area (Å²) in [6.07, 6.45) is 3.21. The highest BCUT2D eigenvalue weighted by atomic mass is 79.9. The van der Waals surface area contributed by atoms with E-state index < -0.39 is 0 Å². The molecule has 0 spiro atoms. The Morgan fingerprint density at radius 1 is 1.29 bits per heavy atom. The summed E-state index contributed by atoms with van der Waals surface area (Å²) in [5.41, 5.74) is 5.18. The number of hydrogen-bond donors (Lipinski definition) is 1. The van der Waals surface area contributed by atoms with Crippen molar-refractivity contribution in [3.05, 3.63) is 45.1 Å². The van der Waals surface area contributed by atoms with Gasteiger partial charge < -0.3 is 5.32 Å². The van der Waals surface area contributed by atoms with E-state index >= 15 is 0 Å². The molecule has 0 aliphatic carbocycles. The van der Waals surface area contributed by atoms with Crippen LogP contribution < -0.4 is 5.32 Å². The summed E-state index contributed by atoms with van der Waals surface area (Å²) < 4.78 is 3.31. The number of anilines is 1. The molecule has 0 radical (unpaired) electrons. The Morgan fingerprint density at radius 3 is 2.67 bits per heavy atom. The van der Waals surface area contributed by atoms with E-state index in [-0.39, 0.29) is 0 Å². The molecule has 1 unspecified atom stereocenters. The number of nitrogens with zero attached hydrogens (tertiary/aromatic N) is 2. The number of benzene rings is 1. The van der Waals surface area contributed by atoms with Crippen LogP contribution in [0, 0.1) is 13.8 Å². The highest BCUT2D eigenvalue weighted by Crippen LogP contribution is 2.36. The Labute approximate surface area is 134 Å². The van der Waals surface area contributed by atoms with Gasteiger partial charge in [-0.3, -0.25) is 0 Å². The first-order valence-corrected chi connectivity index (χ1v) is 8.48. The first-order chi connectivity index (χ1) is 10.1. The van der Waals surface area contributed by atoms with Gasteiger partial charge in [-0.2, -0.15) is 5.10 Å². The smallest absolute Gasteiger partial charge is 0.139 e. The maximum atomic E-state index is 4.86. The second-order valence-corrected chi connectivity index (χ2v) is 6.75. The molecule has 112 valence electrons. The van der Waals surface area contributed by atoms with E-state index in [9.17, 15) is 0 Å². The number of halogens is 1. The molecule has 0 bridgehead atoms. The fourth-order valence-corrected chi connectivity index (χ4v) is 3.80. The van der Waals surface area contributed by atoms with Gasteiger partial charge in [0.1, 0.15) is 5.82 Å². The van der Waals surface area contributed by atoms with E-state index in [0.717, 1.165) is 41.8 Å². The third-order valence-corrected chi connectivity index (χ3v) is 4.87. The Bertz CT molecular complexity index is 640. The van der Waals surface area contributed by atoms with Crippen LogP contribution in [0.5, 0.6) is 0 Å². The normalized spacial score (nSPS) is 17.4. The Hall–Kier alpha value is -1.29. The summed E-state index contributed by atoms with van der Waals surface area (Å²) in [5.74, 6) is 1.13. The van der Waals surface area contributed by atoms with E-state index in [1.807, 2.05) is 0 Å². The van der Waals surface area contributed by atoms with Crippen molar-refractivity contribution < 1.29 is 0 Å². The third kappa shape index (κ3) is 2.73. The van der Waals surface area contributed by atoms with E-state index in [2.05, 4.69) is 64.9 Å². The molecular formula is C17H22BrN3. The zero-order valence-corrected chi connectivity index (χ0v) is 14.5. The molecule has 3 nitrogen and oxygen atoms in total. The molecule has 0 saturated heterocycles. The van der Waals surface area contributed by atoms with Gasteiger partial charge in [-0.25, -0.2) is 4.68 Å².